The Balaban J connectivity index is 2.86. The molecule has 0 fully saturated rings. The lowest BCUT2D eigenvalue weighted by Crippen LogP contribution is -2.41. The summed E-state index contributed by atoms with van der Waals surface area (Å²) in [4.78, 5) is 23.6. The Labute approximate surface area is 125 Å². The van der Waals surface area contributed by atoms with Gasteiger partial charge < -0.3 is 10.4 Å². The van der Waals surface area contributed by atoms with Gasteiger partial charge in [0.25, 0.3) is 0 Å². The first-order chi connectivity index (χ1) is 9.49. The molecule has 2 N–H and O–H groups in total. The van der Waals surface area contributed by atoms with Gasteiger partial charge >= 0.3 is 5.97 Å². The lowest BCUT2D eigenvalue weighted by molar-refractivity contribution is -0.140. The summed E-state index contributed by atoms with van der Waals surface area (Å²) in [6.45, 7) is 1.27. The molecule has 5 nitrogen and oxygen atoms in total. The Hall–Kier alpha value is -1.65. The lowest BCUT2D eigenvalue weighted by Gasteiger charge is -2.13. The zero-order chi connectivity index (χ0) is 15.1. The Morgan fingerprint density at radius 2 is 2.10 bits per heavy atom. The van der Waals surface area contributed by atoms with Crippen LogP contribution in [0.25, 0.3) is 0 Å². The number of benzene rings is 1. The van der Waals surface area contributed by atoms with Gasteiger partial charge in [-0.1, -0.05) is 6.07 Å². The van der Waals surface area contributed by atoms with E-state index in [1.165, 1.54) is 30.4 Å². The minimum absolute atomic E-state index is 0.168. The van der Waals surface area contributed by atoms with Crippen molar-refractivity contribution in [3.63, 3.8) is 0 Å². The number of carbonyl (C=O) groups excluding carboxylic acids is 1. The zero-order valence-electron chi connectivity index (χ0n) is 11.0. The number of hydrogen-bond acceptors (Lipinski definition) is 5. The molecule has 1 unspecified atom stereocenters. The number of rotatable bonds is 6. The fourth-order valence-electron chi connectivity index (χ4n) is 1.50. The van der Waals surface area contributed by atoms with Gasteiger partial charge in [-0.3, -0.25) is 4.79 Å². The molecule has 0 aliphatic carbocycles. The summed E-state index contributed by atoms with van der Waals surface area (Å²) in [5.41, 5.74) is 0.539. The van der Waals surface area contributed by atoms with Gasteiger partial charge in [0.2, 0.25) is 5.91 Å². The first-order valence-electron chi connectivity index (χ1n) is 5.69. The van der Waals surface area contributed by atoms with Crippen molar-refractivity contribution in [3.8, 4) is 6.07 Å². The van der Waals surface area contributed by atoms with Crippen molar-refractivity contribution in [3.05, 3.63) is 23.8 Å². The van der Waals surface area contributed by atoms with E-state index in [9.17, 15) is 14.9 Å². The quantitative estimate of drug-likeness (QED) is 0.781. The van der Waals surface area contributed by atoms with Crippen molar-refractivity contribution in [2.75, 3.05) is 12.0 Å². The maximum atomic E-state index is 11.0. The topological polar surface area (TPSA) is 90.2 Å². The summed E-state index contributed by atoms with van der Waals surface area (Å²) in [5.74, 6) is -1.31. The number of carbonyl (C=O) groups is 2. The van der Waals surface area contributed by atoms with Gasteiger partial charge in [0, 0.05) is 22.5 Å². The van der Waals surface area contributed by atoms with Gasteiger partial charge in [0.1, 0.15) is 12.1 Å². The highest BCUT2D eigenvalue weighted by Gasteiger charge is 2.19. The second-order valence-corrected chi connectivity index (χ2v) is 5.76. The molecule has 0 saturated heterocycles. The van der Waals surface area contributed by atoms with Gasteiger partial charge in [0.05, 0.1) is 5.56 Å². The Bertz CT molecular complexity index is 555. The first-order valence-corrected chi connectivity index (χ1v) is 7.90. The molecule has 0 bridgehead atoms. The molecule has 1 aromatic carbocycles. The summed E-state index contributed by atoms with van der Waals surface area (Å²) in [6, 6.07) is 6.60. The van der Waals surface area contributed by atoms with Crippen LogP contribution in [0.2, 0.25) is 0 Å². The molecule has 20 heavy (non-hydrogen) atoms. The molecule has 0 aliphatic rings. The molecule has 0 aliphatic heterocycles. The lowest BCUT2D eigenvalue weighted by atomic mass is 10.2. The van der Waals surface area contributed by atoms with Gasteiger partial charge in [-0.2, -0.15) is 5.26 Å². The molecule has 1 aromatic rings. The van der Waals surface area contributed by atoms with Crippen LogP contribution in [0.15, 0.2) is 28.0 Å². The van der Waals surface area contributed by atoms with E-state index < -0.39 is 17.9 Å². The molecule has 0 radical (unpaired) electrons. The molecule has 106 valence electrons. The van der Waals surface area contributed by atoms with Crippen molar-refractivity contribution >= 4 is 35.4 Å². The highest BCUT2D eigenvalue weighted by molar-refractivity contribution is 8.00. The number of nitriles is 1. The summed E-state index contributed by atoms with van der Waals surface area (Å²) in [7, 11) is 0. The average Bonchev–Trinajstić information content (AvgIpc) is 2.42. The van der Waals surface area contributed by atoms with Crippen LogP contribution in [0.1, 0.15) is 12.5 Å². The second-order valence-electron chi connectivity index (χ2n) is 3.85. The van der Waals surface area contributed by atoms with E-state index in [2.05, 4.69) is 11.4 Å². The predicted octanol–water partition coefficient (Wildman–Crippen LogP) is 1.96. The van der Waals surface area contributed by atoms with E-state index in [1.54, 1.807) is 6.07 Å². The molecule has 0 aromatic heterocycles. The van der Waals surface area contributed by atoms with E-state index in [0.717, 1.165) is 9.79 Å². The van der Waals surface area contributed by atoms with Crippen LogP contribution in [-0.2, 0) is 9.59 Å². The standard InChI is InChI=1S/C13H14N2O3S2/c1-8(16)15-10(13(17)18)7-20-12-5-3-4-11(19-2)9(12)6-14/h3-5,10H,7H2,1-2H3,(H,15,16)(H,17,18). The molecule has 7 heteroatoms. The van der Waals surface area contributed by atoms with Crippen molar-refractivity contribution in [1.82, 2.24) is 5.32 Å². The van der Waals surface area contributed by atoms with Crippen LogP contribution in [0.3, 0.4) is 0 Å². The third-order valence-electron chi connectivity index (χ3n) is 2.40. The second kappa shape index (κ2) is 7.82. The number of nitrogens with zero attached hydrogens (tertiary/aromatic N) is 1. The highest BCUT2D eigenvalue weighted by atomic mass is 32.2. The molecule has 0 saturated carbocycles. The van der Waals surface area contributed by atoms with Crippen LogP contribution in [-0.4, -0.2) is 35.0 Å². The third kappa shape index (κ3) is 4.47. The van der Waals surface area contributed by atoms with Gasteiger partial charge in [0.15, 0.2) is 0 Å². The van der Waals surface area contributed by atoms with E-state index in [0.29, 0.717) is 5.56 Å². The third-order valence-corrected chi connectivity index (χ3v) is 4.33. The Kier molecular flexibility index (Phi) is 6.42. The minimum Gasteiger partial charge on any atom is -0.480 e. The van der Waals surface area contributed by atoms with Crippen molar-refractivity contribution in [1.29, 1.82) is 5.26 Å². The average molecular weight is 310 g/mol. The number of amides is 1. The summed E-state index contributed by atoms with van der Waals surface area (Å²) >= 11 is 2.71. The van der Waals surface area contributed by atoms with Crippen molar-refractivity contribution in [2.24, 2.45) is 0 Å². The maximum absolute atomic E-state index is 11.0. The number of carboxylic acids is 1. The van der Waals surface area contributed by atoms with Gasteiger partial charge in [-0.05, 0) is 18.4 Å². The molecule has 0 spiro atoms. The fourth-order valence-corrected chi connectivity index (χ4v) is 3.19. The van der Waals surface area contributed by atoms with Crippen LogP contribution < -0.4 is 5.32 Å². The monoisotopic (exact) mass is 310 g/mol. The number of thioether (sulfide) groups is 2. The van der Waals surface area contributed by atoms with Crippen LogP contribution in [0.4, 0.5) is 0 Å². The number of hydrogen-bond donors (Lipinski definition) is 2. The van der Waals surface area contributed by atoms with Crippen molar-refractivity contribution < 1.29 is 14.7 Å². The maximum Gasteiger partial charge on any atom is 0.327 e. The number of carboxylic acid groups (broad SMARTS) is 1. The minimum atomic E-state index is -1.09. The Morgan fingerprint density at radius 3 is 2.60 bits per heavy atom. The Morgan fingerprint density at radius 1 is 1.45 bits per heavy atom. The fraction of sp³-hybridized carbons (Fsp3) is 0.308. The van der Waals surface area contributed by atoms with Gasteiger partial charge in [-0.15, -0.1) is 23.5 Å². The smallest absolute Gasteiger partial charge is 0.327 e. The summed E-state index contributed by atoms with van der Waals surface area (Å²) < 4.78 is 0. The summed E-state index contributed by atoms with van der Waals surface area (Å²) in [6.07, 6.45) is 1.88. The SMILES string of the molecule is CSc1cccc(SCC(NC(C)=O)C(=O)O)c1C#N. The van der Waals surface area contributed by atoms with E-state index in [1.807, 2.05) is 18.4 Å². The van der Waals surface area contributed by atoms with Crippen molar-refractivity contribution in [2.45, 2.75) is 22.8 Å². The number of nitrogens with one attached hydrogen (secondary N) is 1. The molecule has 1 atom stereocenters. The normalized spacial score (nSPS) is 11.4. The molecule has 1 amide bonds. The zero-order valence-corrected chi connectivity index (χ0v) is 12.7. The molecular formula is C13H14N2O3S2. The molecule has 0 heterocycles. The van der Waals surface area contributed by atoms with E-state index in [4.69, 9.17) is 5.11 Å². The first kappa shape index (κ1) is 16.4. The largest absolute Gasteiger partial charge is 0.480 e. The summed E-state index contributed by atoms with van der Waals surface area (Å²) in [5, 5.41) is 20.6. The van der Waals surface area contributed by atoms with Gasteiger partial charge in [-0.25, -0.2) is 4.79 Å². The van der Waals surface area contributed by atoms with Crippen LogP contribution in [0, 0.1) is 11.3 Å². The molecular weight excluding hydrogens is 296 g/mol. The predicted molar refractivity (Wildman–Crippen MR) is 78.9 cm³/mol. The van der Waals surface area contributed by atoms with E-state index >= 15 is 0 Å². The highest BCUT2D eigenvalue weighted by Crippen LogP contribution is 2.30. The van der Waals surface area contributed by atoms with Crippen LogP contribution in [0.5, 0.6) is 0 Å². The van der Waals surface area contributed by atoms with E-state index in [-0.39, 0.29) is 5.75 Å². The van der Waals surface area contributed by atoms with Crippen LogP contribution >= 0.6 is 23.5 Å². The number of aliphatic carboxylic acids is 1. The molecule has 1 rings (SSSR count).